The van der Waals surface area contributed by atoms with Crippen LogP contribution >= 0.6 is 11.3 Å². The molecular weight excluding hydrogens is 266 g/mol. The molecule has 0 atom stereocenters. The Kier molecular flexibility index (Phi) is 13.4. The standard InChI is InChI=1S/C10H11N3S.3C2H6/c1-6-7(2)10(13-12-8(6)3)9-4-11-5-14-9;3*1-2/h4-5H,1-3H3;3*1-2H3. The molecule has 20 heavy (non-hydrogen) atoms. The van der Waals surface area contributed by atoms with Gasteiger partial charge in [-0.3, -0.25) is 4.98 Å². The lowest BCUT2D eigenvalue weighted by atomic mass is 10.1. The van der Waals surface area contributed by atoms with Crippen molar-refractivity contribution >= 4 is 11.3 Å². The van der Waals surface area contributed by atoms with E-state index >= 15 is 0 Å². The first-order chi connectivity index (χ1) is 9.70. The Morgan fingerprint density at radius 2 is 1.35 bits per heavy atom. The molecule has 2 aromatic rings. The first-order valence-corrected chi connectivity index (χ1v) is 8.27. The second-order valence-corrected chi connectivity index (χ2v) is 4.14. The minimum atomic E-state index is 0.954. The third kappa shape index (κ3) is 5.78. The summed E-state index contributed by atoms with van der Waals surface area (Å²) in [6.45, 7) is 18.1. The first-order valence-electron chi connectivity index (χ1n) is 7.39. The van der Waals surface area contributed by atoms with Crippen LogP contribution in [0.4, 0.5) is 0 Å². The predicted molar refractivity (Wildman–Crippen MR) is 91.4 cm³/mol. The van der Waals surface area contributed by atoms with Gasteiger partial charge >= 0.3 is 0 Å². The minimum Gasteiger partial charge on any atom is -0.252 e. The lowest BCUT2D eigenvalue weighted by Gasteiger charge is -2.06. The van der Waals surface area contributed by atoms with Gasteiger partial charge in [0.15, 0.2) is 0 Å². The molecule has 0 unspecified atom stereocenters. The summed E-state index contributed by atoms with van der Waals surface area (Å²) in [5.74, 6) is 0. The molecule has 2 aromatic heterocycles. The Morgan fingerprint density at radius 3 is 1.80 bits per heavy atom. The highest BCUT2D eigenvalue weighted by atomic mass is 32.1. The fourth-order valence-corrected chi connectivity index (χ4v) is 1.95. The molecule has 0 saturated carbocycles. The topological polar surface area (TPSA) is 38.7 Å². The van der Waals surface area contributed by atoms with Gasteiger partial charge in [-0.1, -0.05) is 41.5 Å². The number of aryl methyl sites for hydroxylation is 1. The molecule has 0 aliphatic carbocycles. The highest BCUT2D eigenvalue weighted by Crippen LogP contribution is 2.26. The van der Waals surface area contributed by atoms with E-state index < -0.39 is 0 Å². The monoisotopic (exact) mass is 295 g/mol. The van der Waals surface area contributed by atoms with Crippen LogP contribution in [0.15, 0.2) is 11.7 Å². The molecule has 0 N–H and O–H groups in total. The molecular formula is C16H29N3S. The zero-order chi connectivity index (χ0) is 16.1. The molecule has 2 rings (SSSR count). The summed E-state index contributed by atoms with van der Waals surface area (Å²) >= 11 is 1.59. The Labute approximate surface area is 128 Å². The number of hydrogen-bond donors (Lipinski definition) is 0. The van der Waals surface area contributed by atoms with Crippen molar-refractivity contribution in [3.05, 3.63) is 28.5 Å². The molecule has 0 fully saturated rings. The van der Waals surface area contributed by atoms with Gasteiger partial charge in [0.2, 0.25) is 0 Å². The molecule has 0 radical (unpaired) electrons. The van der Waals surface area contributed by atoms with E-state index in [4.69, 9.17) is 0 Å². The highest BCUT2D eigenvalue weighted by molar-refractivity contribution is 7.13. The number of rotatable bonds is 1. The van der Waals surface area contributed by atoms with Crippen molar-refractivity contribution in [3.8, 4) is 10.6 Å². The molecule has 0 aliphatic heterocycles. The van der Waals surface area contributed by atoms with Crippen LogP contribution in [0.5, 0.6) is 0 Å². The smallest absolute Gasteiger partial charge is 0.108 e. The second-order valence-electron chi connectivity index (χ2n) is 3.25. The maximum Gasteiger partial charge on any atom is 0.108 e. The summed E-state index contributed by atoms with van der Waals surface area (Å²) in [4.78, 5) is 5.12. The van der Waals surface area contributed by atoms with Crippen LogP contribution in [-0.4, -0.2) is 15.2 Å². The SMILES string of the molecule is CC.CC.CC.Cc1nnc(-c2cncs2)c(C)c1C. The van der Waals surface area contributed by atoms with E-state index in [1.165, 1.54) is 11.1 Å². The molecule has 0 saturated heterocycles. The van der Waals surface area contributed by atoms with Crippen molar-refractivity contribution in [1.29, 1.82) is 0 Å². The van der Waals surface area contributed by atoms with Crippen molar-refractivity contribution < 1.29 is 0 Å². The van der Waals surface area contributed by atoms with Gasteiger partial charge < -0.3 is 0 Å². The molecule has 0 spiro atoms. The minimum absolute atomic E-state index is 0.954. The van der Waals surface area contributed by atoms with Crippen LogP contribution in [-0.2, 0) is 0 Å². The van der Waals surface area contributed by atoms with Gasteiger partial charge in [-0.15, -0.1) is 16.4 Å². The summed E-state index contributed by atoms with van der Waals surface area (Å²) in [7, 11) is 0. The average molecular weight is 295 g/mol. The van der Waals surface area contributed by atoms with Gasteiger partial charge in [-0.05, 0) is 31.9 Å². The zero-order valence-electron chi connectivity index (χ0n) is 14.4. The maximum atomic E-state index is 4.20. The second kappa shape index (κ2) is 12.7. The van der Waals surface area contributed by atoms with Gasteiger partial charge in [0.05, 0.1) is 16.1 Å². The Balaban J connectivity index is 0. The van der Waals surface area contributed by atoms with E-state index in [2.05, 4.69) is 29.0 Å². The van der Waals surface area contributed by atoms with Gasteiger partial charge in [0.25, 0.3) is 0 Å². The van der Waals surface area contributed by atoms with Gasteiger partial charge in [-0.25, -0.2) is 0 Å². The quantitative estimate of drug-likeness (QED) is 0.687. The number of nitrogens with zero attached hydrogens (tertiary/aromatic N) is 3. The summed E-state index contributed by atoms with van der Waals surface area (Å²) in [6.07, 6.45) is 1.83. The molecule has 0 amide bonds. The van der Waals surface area contributed by atoms with Crippen molar-refractivity contribution in [3.63, 3.8) is 0 Å². The lowest BCUT2D eigenvalue weighted by molar-refractivity contribution is 0.953. The van der Waals surface area contributed by atoms with E-state index in [-0.39, 0.29) is 0 Å². The number of aromatic nitrogens is 3. The van der Waals surface area contributed by atoms with Crippen molar-refractivity contribution in [2.75, 3.05) is 0 Å². The van der Waals surface area contributed by atoms with Crippen LogP contribution in [0, 0.1) is 20.8 Å². The molecule has 0 bridgehead atoms. The molecule has 4 heteroatoms. The highest BCUT2D eigenvalue weighted by Gasteiger charge is 2.09. The van der Waals surface area contributed by atoms with Crippen LogP contribution in [0.3, 0.4) is 0 Å². The molecule has 114 valence electrons. The number of thiazole rings is 1. The van der Waals surface area contributed by atoms with E-state index in [0.29, 0.717) is 0 Å². The fourth-order valence-electron chi connectivity index (χ4n) is 1.29. The van der Waals surface area contributed by atoms with Crippen LogP contribution in [0.25, 0.3) is 10.6 Å². The average Bonchev–Trinajstić information content (AvgIpc) is 3.05. The van der Waals surface area contributed by atoms with Gasteiger partial charge in [-0.2, -0.15) is 5.10 Å². The first kappa shape index (κ1) is 21.0. The normalized spacial score (nSPS) is 8.25. The van der Waals surface area contributed by atoms with Crippen molar-refractivity contribution in [1.82, 2.24) is 15.2 Å². The van der Waals surface area contributed by atoms with Crippen molar-refractivity contribution in [2.45, 2.75) is 62.3 Å². The summed E-state index contributed by atoms with van der Waals surface area (Å²) in [5.41, 5.74) is 6.17. The lowest BCUT2D eigenvalue weighted by Crippen LogP contribution is -1.97. The molecule has 0 aromatic carbocycles. The third-order valence-corrected chi connectivity index (χ3v) is 3.21. The fraction of sp³-hybridized carbons (Fsp3) is 0.562. The van der Waals surface area contributed by atoms with E-state index in [9.17, 15) is 0 Å². The number of hydrogen-bond acceptors (Lipinski definition) is 4. The molecule has 2 heterocycles. The Bertz CT molecular complexity index is 451. The Hall–Kier alpha value is -1.29. The maximum absolute atomic E-state index is 4.20. The van der Waals surface area contributed by atoms with Gasteiger partial charge in [0.1, 0.15) is 5.69 Å². The summed E-state index contributed by atoms with van der Waals surface area (Å²) in [6, 6.07) is 0. The summed E-state index contributed by atoms with van der Waals surface area (Å²) in [5, 5.41) is 8.33. The van der Waals surface area contributed by atoms with Crippen LogP contribution in [0.1, 0.15) is 58.4 Å². The van der Waals surface area contributed by atoms with E-state index in [1.807, 2.05) is 60.2 Å². The molecule has 3 nitrogen and oxygen atoms in total. The Morgan fingerprint density at radius 1 is 0.800 bits per heavy atom. The van der Waals surface area contributed by atoms with Gasteiger partial charge in [0, 0.05) is 6.20 Å². The zero-order valence-corrected chi connectivity index (χ0v) is 15.2. The summed E-state index contributed by atoms with van der Waals surface area (Å²) < 4.78 is 0. The van der Waals surface area contributed by atoms with E-state index in [0.717, 1.165) is 16.3 Å². The van der Waals surface area contributed by atoms with Crippen molar-refractivity contribution in [2.24, 2.45) is 0 Å². The molecule has 0 aliphatic rings. The van der Waals surface area contributed by atoms with Crippen LogP contribution < -0.4 is 0 Å². The van der Waals surface area contributed by atoms with Crippen LogP contribution in [0.2, 0.25) is 0 Å². The van der Waals surface area contributed by atoms with E-state index in [1.54, 1.807) is 11.3 Å². The predicted octanol–water partition coefficient (Wildman–Crippen LogP) is 5.60. The largest absolute Gasteiger partial charge is 0.252 e. The third-order valence-electron chi connectivity index (χ3n) is 2.43.